The van der Waals surface area contributed by atoms with Gasteiger partial charge in [0.2, 0.25) is 0 Å². The Kier molecular flexibility index (Phi) is 2.56. The van der Waals surface area contributed by atoms with Crippen LogP contribution in [0, 0.1) is 0 Å². The fourth-order valence-corrected chi connectivity index (χ4v) is 2.21. The molecule has 1 N–H and O–H groups in total. The van der Waals surface area contributed by atoms with E-state index in [1.807, 2.05) is 6.07 Å². The Bertz CT molecular complexity index is 665. The second kappa shape index (κ2) is 4.24. The normalized spacial score (nSPS) is 13.6. The van der Waals surface area contributed by atoms with Crippen LogP contribution in [0.1, 0.15) is 20.7 Å². The van der Waals surface area contributed by atoms with Crippen molar-refractivity contribution in [2.75, 3.05) is 17.3 Å². The molecule has 2 amide bonds. The third-order valence-electron chi connectivity index (χ3n) is 3.19. The molecular weight excluding hydrogens is 240 g/mol. The van der Waals surface area contributed by atoms with E-state index in [4.69, 9.17) is 0 Å². The summed E-state index contributed by atoms with van der Waals surface area (Å²) in [5.74, 6) is -0.544. The molecule has 0 saturated heterocycles. The minimum Gasteiger partial charge on any atom is -0.388 e. The lowest BCUT2D eigenvalue weighted by molar-refractivity contribution is 0.0926. The van der Waals surface area contributed by atoms with Crippen molar-refractivity contribution in [2.24, 2.45) is 0 Å². The quantitative estimate of drug-likeness (QED) is 0.835. The van der Waals surface area contributed by atoms with Crippen molar-refractivity contribution in [1.29, 1.82) is 0 Å². The van der Waals surface area contributed by atoms with Crippen LogP contribution < -0.4 is 10.2 Å². The van der Waals surface area contributed by atoms with Gasteiger partial charge in [-0.1, -0.05) is 18.2 Å². The molecule has 2 aromatic carbocycles. The zero-order chi connectivity index (χ0) is 13.4. The van der Waals surface area contributed by atoms with Crippen molar-refractivity contribution in [1.82, 2.24) is 0 Å². The smallest absolute Gasteiger partial charge is 0.266 e. The molecule has 1 heterocycles. The number of fused-ring (bicyclic) bond motifs is 1. The maximum Gasteiger partial charge on any atom is 0.266 e. The Hall–Kier alpha value is -2.62. The Labute approximate surface area is 110 Å². The van der Waals surface area contributed by atoms with E-state index in [0.717, 1.165) is 5.69 Å². The van der Waals surface area contributed by atoms with Crippen molar-refractivity contribution in [3.8, 4) is 0 Å². The average Bonchev–Trinajstić information content (AvgIpc) is 2.71. The van der Waals surface area contributed by atoms with Gasteiger partial charge in [-0.15, -0.1) is 0 Å². The highest BCUT2D eigenvalue weighted by Crippen LogP contribution is 2.29. The summed E-state index contributed by atoms with van der Waals surface area (Å²) in [5.41, 5.74) is 2.31. The molecule has 0 radical (unpaired) electrons. The molecule has 3 rings (SSSR count). The fourth-order valence-electron chi connectivity index (χ4n) is 2.21. The molecule has 0 unspecified atom stereocenters. The molecule has 4 nitrogen and oxygen atoms in total. The number of nitrogens with one attached hydrogen (secondary N) is 1. The number of rotatable bonds is 2. The monoisotopic (exact) mass is 252 g/mol. The van der Waals surface area contributed by atoms with Gasteiger partial charge in [-0.2, -0.15) is 0 Å². The van der Waals surface area contributed by atoms with E-state index in [1.54, 1.807) is 49.5 Å². The number of imide groups is 1. The lowest BCUT2D eigenvalue weighted by Gasteiger charge is -2.13. The van der Waals surface area contributed by atoms with E-state index < -0.39 is 0 Å². The first-order valence-corrected chi connectivity index (χ1v) is 5.98. The topological polar surface area (TPSA) is 49.4 Å². The van der Waals surface area contributed by atoms with E-state index in [2.05, 4.69) is 5.32 Å². The summed E-state index contributed by atoms with van der Waals surface area (Å²) >= 11 is 0. The molecule has 4 heteroatoms. The van der Waals surface area contributed by atoms with E-state index in [9.17, 15) is 9.59 Å². The molecule has 0 bridgehead atoms. The fraction of sp³-hybridized carbons (Fsp3) is 0.0667. The summed E-state index contributed by atoms with van der Waals surface area (Å²) in [5, 5.41) is 2.96. The summed E-state index contributed by atoms with van der Waals surface area (Å²) < 4.78 is 0. The molecule has 0 fully saturated rings. The number of nitrogens with zero attached hydrogens (tertiary/aromatic N) is 1. The molecule has 0 aromatic heterocycles. The average molecular weight is 252 g/mol. The second-order valence-corrected chi connectivity index (χ2v) is 4.29. The molecule has 2 aromatic rings. The van der Waals surface area contributed by atoms with Gasteiger partial charge in [-0.25, -0.2) is 4.90 Å². The molecule has 1 aliphatic rings. The third-order valence-corrected chi connectivity index (χ3v) is 3.19. The summed E-state index contributed by atoms with van der Waals surface area (Å²) in [7, 11) is 1.78. The van der Waals surface area contributed by atoms with Gasteiger partial charge < -0.3 is 5.32 Å². The molecule has 0 aliphatic carbocycles. The lowest BCUT2D eigenvalue weighted by Crippen LogP contribution is -2.29. The van der Waals surface area contributed by atoms with Crippen molar-refractivity contribution in [3.05, 3.63) is 59.7 Å². The first-order chi connectivity index (χ1) is 9.22. The molecule has 0 atom stereocenters. The van der Waals surface area contributed by atoms with Gasteiger partial charge >= 0.3 is 0 Å². The second-order valence-electron chi connectivity index (χ2n) is 4.29. The number of benzene rings is 2. The summed E-state index contributed by atoms with van der Waals surface area (Å²) in [6.07, 6.45) is 0. The summed E-state index contributed by atoms with van der Waals surface area (Å²) in [4.78, 5) is 25.9. The van der Waals surface area contributed by atoms with Gasteiger partial charge in [0.05, 0.1) is 16.8 Å². The van der Waals surface area contributed by atoms with Crippen LogP contribution in [0.3, 0.4) is 0 Å². The van der Waals surface area contributed by atoms with Crippen molar-refractivity contribution < 1.29 is 9.59 Å². The number of hydrogen-bond acceptors (Lipinski definition) is 3. The lowest BCUT2D eigenvalue weighted by atomic mass is 10.1. The molecule has 94 valence electrons. The Balaban J connectivity index is 2.10. The molecule has 1 aliphatic heterocycles. The van der Waals surface area contributed by atoms with Gasteiger partial charge in [0.25, 0.3) is 11.8 Å². The number of hydrogen-bond donors (Lipinski definition) is 1. The zero-order valence-electron chi connectivity index (χ0n) is 10.4. The van der Waals surface area contributed by atoms with Gasteiger partial charge in [0.1, 0.15) is 0 Å². The molecule has 0 saturated carbocycles. The van der Waals surface area contributed by atoms with Crippen LogP contribution in [0.25, 0.3) is 0 Å². The minimum atomic E-state index is -0.275. The number of amides is 2. The first kappa shape index (κ1) is 11.5. The van der Waals surface area contributed by atoms with Crippen LogP contribution in [-0.2, 0) is 0 Å². The number of carbonyl (C=O) groups excluding carboxylic acids is 2. The SMILES string of the molecule is CNc1ccc2c(c1)C(=O)N(c1ccccc1)C2=O. The van der Waals surface area contributed by atoms with Gasteiger partial charge in [0, 0.05) is 12.7 Å². The van der Waals surface area contributed by atoms with E-state index in [1.165, 1.54) is 4.90 Å². The van der Waals surface area contributed by atoms with E-state index in [0.29, 0.717) is 16.8 Å². The van der Waals surface area contributed by atoms with Crippen LogP contribution in [-0.4, -0.2) is 18.9 Å². The van der Waals surface area contributed by atoms with Crippen LogP contribution in [0.4, 0.5) is 11.4 Å². The maximum absolute atomic E-state index is 12.4. The van der Waals surface area contributed by atoms with E-state index in [-0.39, 0.29) is 11.8 Å². The predicted octanol–water partition coefficient (Wildman–Crippen LogP) is 2.53. The molecular formula is C15H12N2O2. The predicted molar refractivity (Wildman–Crippen MR) is 73.6 cm³/mol. The third kappa shape index (κ3) is 1.69. The largest absolute Gasteiger partial charge is 0.388 e. The number of anilines is 2. The molecule has 19 heavy (non-hydrogen) atoms. The minimum absolute atomic E-state index is 0.270. The van der Waals surface area contributed by atoms with Crippen LogP contribution >= 0.6 is 0 Å². The van der Waals surface area contributed by atoms with Crippen LogP contribution in [0.2, 0.25) is 0 Å². The highest BCUT2D eigenvalue weighted by atomic mass is 16.2. The highest BCUT2D eigenvalue weighted by molar-refractivity contribution is 6.34. The highest BCUT2D eigenvalue weighted by Gasteiger charge is 2.36. The Morgan fingerprint density at radius 3 is 2.26 bits per heavy atom. The summed E-state index contributed by atoms with van der Waals surface area (Å²) in [6.45, 7) is 0. The van der Waals surface area contributed by atoms with Gasteiger partial charge in [-0.3, -0.25) is 9.59 Å². The zero-order valence-corrected chi connectivity index (χ0v) is 10.4. The van der Waals surface area contributed by atoms with Gasteiger partial charge in [0.15, 0.2) is 0 Å². The molecule has 0 spiro atoms. The Morgan fingerprint density at radius 2 is 1.58 bits per heavy atom. The first-order valence-electron chi connectivity index (χ1n) is 5.98. The Morgan fingerprint density at radius 1 is 0.895 bits per heavy atom. The van der Waals surface area contributed by atoms with Crippen LogP contribution in [0.15, 0.2) is 48.5 Å². The number of carbonyl (C=O) groups is 2. The van der Waals surface area contributed by atoms with Crippen molar-refractivity contribution in [3.63, 3.8) is 0 Å². The van der Waals surface area contributed by atoms with Crippen molar-refractivity contribution >= 4 is 23.2 Å². The maximum atomic E-state index is 12.4. The summed E-state index contributed by atoms with van der Waals surface area (Å²) in [6, 6.07) is 14.1. The van der Waals surface area contributed by atoms with Crippen LogP contribution in [0.5, 0.6) is 0 Å². The van der Waals surface area contributed by atoms with E-state index >= 15 is 0 Å². The van der Waals surface area contributed by atoms with Crippen molar-refractivity contribution in [2.45, 2.75) is 0 Å². The van der Waals surface area contributed by atoms with Gasteiger partial charge in [-0.05, 0) is 30.3 Å². The number of para-hydroxylation sites is 1. The standard InChI is InChI=1S/C15H12N2O2/c1-16-10-7-8-12-13(9-10)15(19)17(14(12)18)11-5-3-2-4-6-11/h2-9,16H,1H3.